The molecule has 0 spiro atoms. The van der Waals surface area contributed by atoms with E-state index in [0.29, 0.717) is 5.96 Å². The van der Waals surface area contributed by atoms with Crippen LogP contribution in [-0.2, 0) is 0 Å². The summed E-state index contributed by atoms with van der Waals surface area (Å²) in [4.78, 5) is 21.6. The summed E-state index contributed by atoms with van der Waals surface area (Å²) >= 11 is 0. The first-order valence-electron chi connectivity index (χ1n) is 8.46. The van der Waals surface area contributed by atoms with E-state index in [1.807, 2.05) is 55.3 Å². The van der Waals surface area contributed by atoms with Crippen molar-refractivity contribution in [1.29, 1.82) is 0 Å². The van der Waals surface area contributed by atoms with Crippen molar-refractivity contribution in [3.63, 3.8) is 0 Å². The maximum absolute atomic E-state index is 4.71. The van der Waals surface area contributed by atoms with Gasteiger partial charge >= 0.3 is 0 Å². The van der Waals surface area contributed by atoms with Gasteiger partial charge in [0, 0.05) is 17.6 Å². The second kappa shape index (κ2) is 5.60. The van der Waals surface area contributed by atoms with Crippen LogP contribution in [0.4, 0.5) is 0 Å². The van der Waals surface area contributed by atoms with Crippen LogP contribution in [0.5, 0.6) is 0 Å². The van der Waals surface area contributed by atoms with Gasteiger partial charge in [-0.3, -0.25) is 4.98 Å². The minimum atomic E-state index is -0.178. The standard InChI is InChI=1S/C19H17N7/c1-11-9-12(2)26-19(21-11)24-17(25-26)13-6-7-14-16(10-13)23-18(22-14)15-5-3-4-8-20-15/h3-10,17,25H,1-2H3,(H,22,23). The van der Waals surface area contributed by atoms with Crippen LogP contribution in [0, 0.1) is 0 Å². The van der Waals surface area contributed by atoms with E-state index in [1.165, 1.54) is 0 Å². The van der Waals surface area contributed by atoms with Gasteiger partial charge in [0.1, 0.15) is 11.9 Å². The molecule has 7 heteroatoms. The lowest BCUT2D eigenvalue weighted by molar-refractivity contribution is 0.359. The van der Waals surface area contributed by atoms with E-state index in [4.69, 9.17) is 4.99 Å². The Morgan fingerprint density at radius 1 is 1.12 bits per heavy atom. The number of hydrazine groups is 1. The number of H-pyrrole nitrogens is 1. The molecule has 0 fully saturated rings. The van der Waals surface area contributed by atoms with E-state index < -0.39 is 0 Å². The van der Waals surface area contributed by atoms with Crippen LogP contribution >= 0.6 is 0 Å². The molecule has 0 saturated heterocycles. The van der Waals surface area contributed by atoms with Gasteiger partial charge in [0.05, 0.1) is 11.0 Å². The number of aromatic nitrogens is 3. The summed E-state index contributed by atoms with van der Waals surface area (Å²) in [5.41, 5.74) is 9.16. The van der Waals surface area contributed by atoms with E-state index in [9.17, 15) is 0 Å². The first-order valence-corrected chi connectivity index (χ1v) is 8.46. The lowest BCUT2D eigenvalue weighted by Gasteiger charge is -2.23. The third-order valence-corrected chi connectivity index (χ3v) is 4.47. The van der Waals surface area contributed by atoms with Crippen LogP contribution in [0.2, 0.25) is 0 Å². The number of fused-ring (bicyclic) bond motifs is 2. The van der Waals surface area contributed by atoms with Gasteiger partial charge in [-0.05, 0) is 49.8 Å². The second-order valence-electron chi connectivity index (χ2n) is 6.41. The van der Waals surface area contributed by atoms with E-state index in [2.05, 4.69) is 31.4 Å². The van der Waals surface area contributed by atoms with Crippen LogP contribution in [0.3, 0.4) is 0 Å². The first kappa shape index (κ1) is 15.0. The lowest BCUT2D eigenvalue weighted by Crippen LogP contribution is -2.37. The molecule has 3 aromatic rings. The highest BCUT2D eigenvalue weighted by Crippen LogP contribution is 2.28. The molecular formula is C19H17N7. The highest BCUT2D eigenvalue weighted by atomic mass is 15.6. The summed E-state index contributed by atoms with van der Waals surface area (Å²) in [6.07, 6.45) is 3.62. The highest BCUT2D eigenvalue weighted by molar-refractivity contribution is 6.05. The number of benzene rings is 1. The van der Waals surface area contributed by atoms with Crippen molar-refractivity contribution in [3.8, 4) is 11.5 Å². The minimum Gasteiger partial charge on any atom is -0.337 e. The molecular weight excluding hydrogens is 326 g/mol. The molecule has 1 aromatic carbocycles. The molecule has 5 rings (SSSR count). The second-order valence-corrected chi connectivity index (χ2v) is 6.41. The van der Waals surface area contributed by atoms with Gasteiger partial charge in [-0.1, -0.05) is 12.1 Å². The molecule has 2 aromatic heterocycles. The summed E-state index contributed by atoms with van der Waals surface area (Å²) in [5, 5.41) is 1.92. The Balaban J connectivity index is 1.50. The Hall–Kier alpha value is -3.32. The molecule has 1 atom stereocenters. The summed E-state index contributed by atoms with van der Waals surface area (Å²) < 4.78 is 0. The number of nitrogens with one attached hydrogen (secondary N) is 2. The topological polar surface area (TPSA) is 81.6 Å². The number of imidazole rings is 1. The SMILES string of the molecule is CC1=CC(C)=NC2=NC(c3ccc4[nH]c(-c5ccccn5)nc4c3)NN12. The molecule has 2 N–H and O–H groups in total. The monoisotopic (exact) mass is 343 g/mol. The lowest BCUT2D eigenvalue weighted by atomic mass is 10.1. The summed E-state index contributed by atoms with van der Waals surface area (Å²) in [6.45, 7) is 4.02. The molecule has 0 bridgehead atoms. The van der Waals surface area contributed by atoms with Gasteiger partial charge in [-0.15, -0.1) is 0 Å². The number of hydrogen-bond acceptors (Lipinski definition) is 6. The van der Waals surface area contributed by atoms with Gasteiger partial charge in [-0.2, -0.15) is 5.43 Å². The molecule has 2 aliphatic heterocycles. The fourth-order valence-corrected chi connectivity index (χ4v) is 3.24. The minimum absolute atomic E-state index is 0.178. The Kier molecular flexibility index (Phi) is 3.23. The predicted molar refractivity (Wildman–Crippen MR) is 101 cm³/mol. The molecule has 1 unspecified atom stereocenters. The predicted octanol–water partition coefficient (Wildman–Crippen LogP) is 3.18. The highest BCUT2D eigenvalue weighted by Gasteiger charge is 2.29. The summed E-state index contributed by atoms with van der Waals surface area (Å²) in [5.74, 6) is 1.46. The average Bonchev–Trinajstić information content (AvgIpc) is 3.25. The number of allylic oxidation sites excluding steroid dienone is 2. The molecule has 0 saturated carbocycles. The normalized spacial score (nSPS) is 19.2. The first-order chi connectivity index (χ1) is 12.7. The van der Waals surface area contributed by atoms with Gasteiger partial charge in [-0.25, -0.2) is 20.0 Å². The van der Waals surface area contributed by atoms with Gasteiger partial charge in [0.2, 0.25) is 5.96 Å². The number of pyridine rings is 1. The molecule has 0 aliphatic carbocycles. The third-order valence-electron chi connectivity index (χ3n) is 4.47. The molecule has 0 amide bonds. The average molecular weight is 343 g/mol. The van der Waals surface area contributed by atoms with E-state index in [0.717, 1.165) is 39.5 Å². The number of aromatic amines is 1. The number of hydrogen-bond donors (Lipinski definition) is 2. The number of rotatable bonds is 2. The molecule has 0 radical (unpaired) electrons. The molecule has 4 heterocycles. The van der Waals surface area contributed by atoms with Gasteiger partial charge in [0.15, 0.2) is 5.82 Å². The Morgan fingerprint density at radius 3 is 2.88 bits per heavy atom. The van der Waals surface area contributed by atoms with Crippen molar-refractivity contribution < 1.29 is 0 Å². The molecule has 26 heavy (non-hydrogen) atoms. The molecule has 2 aliphatic rings. The van der Waals surface area contributed by atoms with Gasteiger partial charge < -0.3 is 4.98 Å². The van der Waals surface area contributed by atoms with E-state index >= 15 is 0 Å². The van der Waals surface area contributed by atoms with Crippen LogP contribution in [-0.4, -0.2) is 31.6 Å². The van der Waals surface area contributed by atoms with Crippen molar-refractivity contribution in [2.24, 2.45) is 9.98 Å². The number of aliphatic imine (C=N–C) groups is 2. The fraction of sp³-hybridized carbons (Fsp3) is 0.158. The third kappa shape index (κ3) is 2.41. The number of nitrogens with zero attached hydrogens (tertiary/aromatic N) is 5. The quantitative estimate of drug-likeness (QED) is 0.749. The summed E-state index contributed by atoms with van der Waals surface area (Å²) in [7, 11) is 0. The molecule has 7 nitrogen and oxygen atoms in total. The number of guanidine groups is 1. The maximum Gasteiger partial charge on any atom is 0.242 e. The van der Waals surface area contributed by atoms with Crippen molar-refractivity contribution in [2.45, 2.75) is 20.0 Å². The van der Waals surface area contributed by atoms with Crippen molar-refractivity contribution in [2.75, 3.05) is 0 Å². The maximum atomic E-state index is 4.71. The van der Waals surface area contributed by atoms with Crippen molar-refractivity contribution in [3.05, 3.63) is 59.9 Å². The zero-order chi connectivity index (χ0) is 17.7. The summed E-state index contributed by atoms with van der Waals surface area (Å²) in [6, 6.07) is 11.9. The largest absolute Gasteiger partial charge is 0.337 e. The Bertz CT molecular complexity index is 1090. The Labute approximate surface area is 150 Å². The van der Waals surface area contributed by atoms with Crippen LogP contribution < -0.4 is 5.43 Å². The smallest absolute Gasteiger partial charge is 0.242 e. The fourth-order valence-electron chi connectivity index (χ4n) is 3.24. The van der Waals surface area contributed by atoms with Crippen molar-refractivity contribution >= 4 is 22.7 Å². The van der Waals surface area contributed by atoms with Crippen LogP contribution in [0.25, 0.3) is 22.6 Å². The van der Waals surface area contributed by atoms with Gasteiger partial charge in [0.25, 0.3) is 0 Å². The zero-order valence-corrected chi connectivity index (χ0v) is 14.4. The van der Waals surface area contributed by atoms with E-state index in [-0.39, 0.29) is 6.17 Å². The van der Waals surface area contributed by atoms with Crippen molar-refractivity contribution in [1.82, 2.24) is 25.4 Å². The molecule has 128 valence electrons. The van der Waals surface area contributed by atoms with E-state index in [1.54, 1.807) is 6.20 Å². The van der Waals surface area contributed by atoms with Crippen LogP contribution in [0.1, 0.15) is 25.6 Å². The van der Waals surface area contributed by atoms with Crippen LogP contribution in [0.15, 0.2) is 64.4 Å². The Morgan fingerprint density at radius 2 is 2.04 bits per heavy atom. The zero-order valence-electron chi connectivity index (χ0n) is 14.4.